The molecule has 0 saturated carbocycles. The Morgan fingerprint density at radius 3 is 2.72 bits per heavy atom. The number of aromatic nitrogens is 1. The Morgan fingerprint density at radius 2 is 2.06 bits per heavy atom. The molecule has 98 valence electrons. The van der Waals surface area contributed by atoms with E-state index in [9.17, 15) is 5.11 Å². The molecular formula is C15H21NOS. The van der Waals surface area contributed by atoms with Crippen molar-refractivity contribution in [2.24, 2.45) is 0 Å². The van der Waals surface area contributed by atoms with Crippen LogP contribution in [0.15, 0.2) is 18.2 Å². The van der Waals surface area contributed by atoms with Crippen LogP contribution in [0, 0.1) is 6.92 Å². The van der Waals surface area contributed by atoms with E-state index in [4.69, 9.17) is 0 Å². The number of nitrogens with zero attached hydrogens (tertiary/aromatic N) is 1. The summed E-state index contributed by atoms with van der Waals surface area (Å²) in [5.74, 6) is 0. The smallest absolute Gasteiger partial charge is 0.0724 e. The van der Waals surface area contributed by atoms with Crippen LogP contribution in [-0.4, -0.2) is 26.2 Å². The molecule has 1 N–H and O–H groups in total. The summed E-state index contributed by atoms with van der Waals surface area (Å²) in [6.45, 7) is 2.01. The van der Waals surface area contributed by atoms with Gasteiger partial charge in [0.15, 0.2) is 0 Å². The second kappa shape index (κ2) is 4.86. The minimum atomic E-state index is -0.512. The summed E-state index contributed by atoms with van der Waals surface area (Å²) in [5.41, 5.74) is 1.57. The fourth-order valence-corrected chi connectivity index (χ4v) is 5.35. The fraction of sp³-hybridized carbons (Fsp3) is 0.667. The molecule has 2 unspecified atom stereocenters. The number of thioether (sulfide) groups is 1. The zero-order valence-electron chi connectivity index (χ0n) is 10.9. The predicted octanol–water partition coefficient (Wildman–Crippen LogP) is 3.11. The number of rotatable bonds is 2. The topological polar surface area (TPSA) is 33.1 Å². The summed E-state index contributed by atoms with van der Waals surface area (Å²) in [5, 5.41) is 12.2. The van der Waals surface area contributed by atoms with Crippen LogP contribution in [0.25, 0.3) is 0 Å². The number of aliphatic hydroxyl groups is 1. The molecule has 1 aromatic rings. The van der Waals surface area contributed by atoms with Crippen LogP contribution in [0.1, 0.15) is 43.5 Å². The van der Waals surface area contributed by atoms with Crippen molar-refractivity contribution in [3.8, 4) is 0 Å². The van der Waals surface area contributed by atoms with Crippen LogP contribution in [0.4, 0.5) is 0 Å². The van der Waals surface area contributed by atoms with Crippen LogP contribution in [0.3, 0.4) is 0 Å². The van der Waals surface area contributed by atoms with E-state index in [1.165, 1.54) is 19.3 Å². The molecule has 0 aromatic carbocycles. The number of fused-ring (bicyclic) bond motifs is 2. The molecule has 0 radical (unpaired) electrons. The van der Waals surface area contributed by atoms with Crippen molar-refractivity contribution in [2.75, 3.05) is 0 Å². The van der Waals surface area contributed by atoms with E-state index in [-0.39, 0.29) is 0 Å². The standard InChI is InChI=1S/C15H21NOS/c1-11-4-2-5-12(16-11)8-15(17)9-13-6-3-7-14(10-15)18-13/h2,4-5,13-14,17H,3,6-10H2,1H3. The highest BCUT2D eigenvalue weighted by molar-refractivity contribution is 8.00. The number of hydrogen-bond donors (Lipinski definition) is 1. The average Bonchev–Trinajstić information content (AvgIpc) is 2.27. The lowest BCUT2D eigenvalue weighted by atomic mass is 9.82. The summed E-state index contributed by atoms with van der Waals surface area (Å²) >= 11 is 2.11. The highest BCUT2D eigenvalue weighted by atomic mass is 32.2. The zero-order chi connectivity index (χ0) is 12.6. The van der Waals surface area contributed by atoms with Gasteiger partial charge in [-0.15, -0.1) is 0 Å². The molecule has 0 aliphatic carbocycles. The minimum absolute atomic E-state index is 0.512. The van der Waals surface area contributed by atoms with Crippen LogP contribution in [0.5, 0.6) is 0 Å². The van der Waals surface area contributed by atoms with E-state index >= 15 is 0 Å². The Kier molecular flexibility index (Phi) is 3.37. The van der Waals surface area contributed by atoms with Crippen LogP contribution in [0.2, 0.25) is 0 Å². The van der Waals surface area contributed by atoms with Crippen molar-refractivity contribution in [2.45, 2.75) is 61.5 Å². The van der Waals surface area contributed by atoms with Crippen molar-refractivity contribution >= 4 is 11.8 Å². The molecule has 1 aromatic heterocycles. The third-order valence-electron chi connectivity index (χ3n) is 4.11. The highest BCUT2D eigenvalue weighted by Gasteiger charge is 2.41. The third-order valence-corrected chi connectivity index (χ3v) is 5.68. The van der Waals surface area contributed by atoms with Gasteiger partial charge in [-0.1, -0.05) is 12.5 Å². The van der Waals surface area contributed by atoms with Crippen LogP contribution < -0.4 is 0 Å². The van der Waals surface area contributed by atoms with Crippen LogP contribution >= 0.6 is 11.8 Å². The summed E-state index contributed by atoms with van der Waals surface area (Å²) < 4.78 is 0. The Morgan fingerprint density at radius 1 is 1.33 bits per heavy atom. The van der Waals surface area contributed by atoms with Gasteiger partial charge in [0.25, 0.3) is 0 Å². The Labute approximate surface area is 113 Å². The lowest BCUT2D eigenvalue weighted by Gasteiger charge is -2.43. The third kappa shape index (κ3) is 2.72. The zero-order valence-corrected chi connectivity index (χ0v) is 11.7. The Balaban J connectivity index is 1.74. The first-order valence-corrected chi connectivity index (χ1v) is 7.88. The molecule has 3 rings (SSSR count). The molecule has 2 nitrogen and oxygen atoms in total. The van der Waals surface area contributed by atoms with E-state index < -0.39 is 5.60 Å². The first-order valence-electron chi connectivity index (χ1n) is 6.93. The average molecular weight is 263 g/mol. The largest absolute Gasteiger partial charge is 0.389 e. The van der Waals surface area contributed by atoms with E-state index in [2.05, 4.69) is 16.7 Å². The second-order valence-electron chi connectivity index (χ2n) is 5.89. The molecule has 3 heteroatoms. The van der Waals surface area contributed by atoms with Gasteiger partial charge in [0.1, 0.15) is 0 Å². The molecule has 2 bridgehead atoms. The van der Waals surface area contributed by atoms with Gasteiger partial charge in [0.05, 0.1) is 5.60 Å². The predicted molar refractivity (Wildman–Crippen MR) is 75.9 cm³/mol. The van der Waals surface area contributed by atoms with E-state index in [1.54, 1.807) is 0 Å². The molecule has 2 aliphatic heterocycles. The van der Waals surface area contributed by atoms with Crippen molar-refractivity contribution in [1.82, 2.24) is 4.98 Å². The lowest BCUT2D eigenvalue weighted by Crippen LogP contribution is -2.44. The summed E-state index contributed by atoms with van der Waals surface area (Å²) in [6.07, 6.45) is 6.53. The van der Waals surface area contributed by atoms with E-state index in [0.717, 1.165) is 30.7 Å². The fourth-order valence-electron chi connectivity index (χ4n) is 3.39. The molecule has 2 saturated heterocycles. The SMILES string of the molecule is Cc1cccc(CC2(O)CC3CCCC(C2)S3)n1. The lowest BCUT2D eigenvalue weighted by molar-refractivity contribution is 0.0121. The number of pyridine rings is 1. The number of aryl methyl sites for hydroxylation is 1. The minimum Gasteiger partial charge on any atom is -0.389 e. The number of hydrogen-bond acceptors (Lipinski definition) is 3. The first kappa shape index (κ1) is 12.5. The monoisotopic (exact) mass is 263 g/mol. The molecule has 2 fully saturated rings. The van der Waals surface area contributed by atoms with E-state index in [1.807, 2.05) is 25.1 Å². The van der Waals surface area contributed by atoms with Crippen molar-refractivity contribution < 1.29 is 5.11 Å². The Bertz CT molecular complexity index is 422. The van der Waals surface area contributed by atoms with Gasteiger partial charge in [-0.2, -0.15) is 11.8 Å². The van der Waals surface area contributed by atoms with Gasteiger partial charge < -0.3 is 5.11 Å². The first-order chi connectivity index (χ1) is 8.63. The quantitative estimate of drug-likeness (QED) is 0.890. The molecule has 2 atom stereocenters. The van der Waals surface area contributed by atoms with Crippen molar-refractivity contribution in [1.29, 1.82) is 0 Å². The van der Waals surface area contributed by atoms with Crippen molar-refractivity contribution in [3.05, 3.63) is 29.6 Å². The maximum Gasteiger partial charge on any atom is 0.0724 e. The van der Waals surface area contributed by atoms with Gasteiger partial charge in [0.2, 0.25) is 0 Å². The normalized spacial score (nSPS) is 35.4. The maximum absolute atomic E-state index is 10.9. The summed E-state index contributed by atoms with van der Waals surface area (Å²) in [6, 6.07) is 6.10. The van der Waals surface area contributed by atoms with Gasteiger partial charge in [-0.3, -0.25) is 4.98 Å². The van der Waals surface area contributed by atoms with Gasteiger partial charge in [-0.05, 0) is 44.7 Å². The van der Waals surface area contributed by atoms with Gasteiger partial charge in [-0.25, -0.2) is 0 Å². The second-order valence-corrected chi connectivity index (χ2v) is 7.50. The molecule has 3 heterocycles. The Hall–Kier alpha value is -0.540. The van der Waals surface area contributed by atoms with Gasteiger partial charge >= 0.3 is 0 Å². The summed E-state index contributed by atoms with van der Waals surface area (Å²) in [7, 11) is 0. The van der Waals surface area contributed by atoms with Crippen molar-refractivity contribution in [3.63, 3.8) is 0 Å². The molecule has 0 amide bonds. The van der Waals surface area contributed by atoms with E-state index in [0.29, 0.717) is 10.5 Å². The summed E-state index contributed by atoms with van der Waals surface area (Å²) in [4.78, 5) is 4.54. The van der Waals surface area contributed by atoms with Crippen LogP contribution in [-0.2, 0) is 6.42 Å². The highest BCUT2D eigenvalue weighted by Crippen LogP contribution is 2.46. The van der Waals surface area contributed by atoms with Gasteiger partial charge in [0, 0.05) is 28.3 Å². The molecule has 18 heavy (non-hydrogen) atoms. The molecular weight excluding hydrogens is 242 g/mol. The molecule has 0 spiro atoms. The molecule has 2 aliphatic rings. The maximum atomic E-state index is 10.9.